The quantitative estimate of drug-likeness (QED) is 0.445. The fourth-order valence-corrected chi connectivity index (χ4v) is 4.78. The van der Waals surface area contributed by atoms with E-state index in [2.05, 4.69) is 33.3 Å². The van der Waals surface area contributed by atoms with Crippen LogP contribution in [0.5, 0.6) is 0 Å². The summed E-state index contributed by atoms with van der Waals surface area (Å²) in [6.45, 7) is 5.05. The number of pyridine rings is 1. The van der Waals surface area contributed by atoms with Crippen LogP contribution in [-0.4, -0.2) is 40.3 Å². The van der Waals surface area contributed by atoms with Crippen LogP contribution in [0, 0.1) is 18.7 Å². The highest BCUT2D eigenvalue weighted by atomic mass is 19.1. The highest BCUT2D eigenvalue weighted by Gasteiger charge is 2.25. The van der Waals surface area contributed by atoms with Crippen LogP contribution in [-0.2, 0) is 11.3 Å². The second-order valence-electron chi connectivity index (χ2n) is 8.72. The number of hydrogen-bond donors (Lipinski definition) is 1. The fraction of sp³-hybridized carbons (Fsp3) is 0.346. The van der Waals surface area contributed by atoms with Crippen molar-refractivity contribution < 1.29 is 9.18 Å². The summed E-state index contributed by atoms with van der Waals surface area (Å²) in [5.41, 5.74) is 3.94. The smallest absolute Gasteiger partial charge is 0.223 e. The summed E-state index contributed by atoms with van der Waals surface area (Å²) < 4.78 is 15.8. The first-order valence-electron chi connectivity index (χ1n) is 11.6. The standard InChI is InChI=1S/C26H28FN5O/c1-18-21-5-2-3-6-24(21)30-32(18)14-4-12-29-26(33)19-10-15-31(16-11-19)25-9-13-28-23-8-7-20(27)17-22(23)25/h2-3,5-9,13,17,19H,4,10-12,14-16H2,1H3,(H,29,33). The fourth-order valence-electron chi connectivity index (χ4n) is 4.78. The minimum Gasteiger partial charge on any atom is -0.371 e. The molecule has 0 unspecified atom stereocenters. The number of amides is 1. The van der Waals surface area contributed by atoms with E-state index < -0.39 is 0 Å². The second-order valence-corrected chi connectivity index (χ2v) is 8.72. The Hall–Kier alpha value is -3.48. The third-order valence-corrected chi connectivity index (χ3v) is 6.64. The molecule has 7 heteroatoms. The number of benzene rings is 2. The lowest BCUT2D eigenvalue weighted by Crippen LogP contribution is -2.41. The van der Waals surface area contributed by atoms with Crippen LogP contribution < -0.4 is 10.2 Å². The maximum atomic E-state index is 13.8. The van der Waals surface area contributed by atoms with E-state index in [9.17, 15) is 9.18 Å². The van der Waals surface area contributed by atoms with Crippen molar-refractivity contribution in [1.29, 1.82) is 0 Å². The molecule has 4 aromatic rings. The summed E-state index contributed by atoms with van der Waals surface area (Å²) in [7, 11) is 0. The average molecular weight is 446 g/mol. The molecule has 1 saturated heterocycles. The molecule has 2 aromatic carbocycles. The predicted octanol–water partition coefficient (Wildman–Crippen LogP) is 4.45. The summed E-state index contributed by atoms with van der Waals surface area (Å²) in [6, 6.07) is 14.8. The van der Waals surface area contributed by atoms with Gasteiger partial charge in [0.1, 0.15) is 5.82 Å². The first kappa shape index (κ1) is 21.4. The van der Waals surface area contributed by atoms with Crippen molar-refractivity contribution in [3.05, 3.63) is 66.2 Å². The molecule has 2 aromatic heterocycles. The topological polar surface area (TPSA) is 63.1 Å². The van der Waals surface area contributed by atoms with Crippen LogP contribution in [0.15, 0.2) is 54.7 Å². The largest absolute Gasteiger partial charge is 0.371 e. The van der Waals surface area contributed by atoms with Crippen molar-refractivity contribution in [2.45, 2.75) is 32.7 Å². The Labute approximate surface area is 192 Å². The Morgan fingerprint density at radius 3 is 2.73 bits per heavy atom. The predicted molar refractivity (Wildman–Crippen MR) is 129 cm³/mol. The lowest BCUT2D eigenvalue weighted by molar-refractivity contribution is -0.125. The van der Waals surface area contributed by atoms with Gasteiger partial charge in [0, 0.05) is 60.4 Å². The third-order valence-electron chi connectivity index (χ3n) is 6.64. The van der Waals surface area contributed by atoms with Gasteiger partial charge in [0.05, 0.1) is 11.0 Å². The number of aromatic nitrogens is 3. The molecule has 170 valence electrons. The molecule has 0 bridgehead atoms. The van der Waals surface area contributed by atoms with Crippen molar-refractivity contribution in [2.24, 2.45) is 5.92 Å². The minimum atomic E-state index is -0.260. The van der Waals surface area contributed by atoms with E-state index >= 15 is 0 Å². The van der Waals surface area contributed by atoms with Gasteiger partial charge >= 0.3 is 0 Å². The van der Waals surface area contributed by atoms with E-state index in [-0.39, 0.29) is 17.6 Å². The Balaban J connectivity index is 1.12. The van der Waals surface area contributed by atoms with Gasteiger partial charge in [0.15, 0.2) is 0 Å². The van der Waals surface area contributed by atoms with Gasteiger partial charge in [0.25, 0.3) is 0 Å². The molecule has 1 aliphatic heterocycles. The molecule has 6 nitrogen and oxygen atoms in total. The molecule has 0 spiro atoms. The number of fused-ring (bicyclic) bond motifs is 2. The van der Waals surface area contributed by atoms with E-state index in [1.807, 2.05) is 28.9 Å². The molecule has 1 amide bonds. The van der Waals surface area contributed by atoms with E-state index in [1.165, 1.54) is 11.5 Å². The zero-order valence-corrected chi connectivity index (χ0v) is 18.8. The molecule has 0 radical (unpaired) electrons. The molecule has 1 aliphatic rings. The van der Waals surface area contributed by atoms with Gasteiger partial charge in [-0.25, -0.2) is 4.39 Å². The maximum absolute atomic E-state index is 13.8. The number of hydrogen-bond acceptors (Lipinski definition) is 4. The van der Waals surface area contributed by atoms with Crippen LogP contribution in [0.3, 0.4) is 0 Å². The van der Waals surface area contributed by atoms with Gasteiger partial charge in [0.2, 0.25) is 5.91 Å². The van der Waals surface area contributed by atoms with Crippen molar-refractivity contribution >= 4 is 33.4 Å². The Morgan fingerprint density at radius 2 is 1.91 bits per heavy atom. The van der Waals surface area contributed by atoms with Crippen LogP contribution in [0.4, 0.5) is 10.1 Å². The molecule has 33 heavy (non-hydrogen) atoms. The number of nitrogens with zero attached hydrogens (tertiary/aromatic N) is 4. The van der Waals surface area contributed by atoms with Crippen LogP contribution in [0.1, 0.15) is 25.0 Å². The number of piperidine rings is 1. The van der Waals surface area contributed by atoms with Gasteiger partial charge in [-0.05, 0) is 56.5 Å². The van der Waals surface area contributed by atoms with Gasteiger partial charge in [-0.15, -0.1) is 0 Å². The SMILES string of the molecule is Cc1c2ccccc2nn1CCCNC(=O)C1CCN(c2ccnc3ccc(F)cc23)CC1. The first-order valence-corrected chi connectivity index (χ1v) is 11.6. The van der Waals surface area contributed by atoms with Gasteiger partial charge in [-0.3, -0.25) is 14.5 Å². The van der Waals surface area contributed by atoms with E-state index in [0.29, 0.717) is 6.54 Å². The first-order chi connectivity index (χ1) is 16.1. The third kappa shape index (κ3) is 4.40. The number of rotatable bonds is 6. The summed E-state index contributed by atoms with van der Waals surface area (Å²) in [4.78, 5) is 19.3. The van der Waals surface area contributed by atoms with Gasteiger partial charge in [-0.2, -0.15) is 5.10 Å². The number of nitrogens with one attached hydrogen (secondary N) is 1. The number of carbonyl (C=O) groups excluding carboxylic acids is 1. The Morgan fingerprint density at radius 1 is 1.09 bits per heavy atom. The number of aryl methyl sites for hydroxylation is 2. The summed E-state index contributed by atoms with van der Waals surface area (Å²) in [6.07, 6.45) is 4.18. The van der Waals surface area contributed by atoms with Crippen molar-refractivity contribution in [3.63, 3.8) is 0 Å². The van der Waals surface area contributed by atoms with Crippen LogP contribution >= 0.6 is 0 Å². The Kier molecular flexibility index (Phi) is 5.94. The molecule has 0 atom stereocenters. The number of carbonyl (C=O) groups is 1. The second kappa shape index (κ2) is 9.17. The molecule has 0 aliphatic carbocycles. The van der Waals surface area contributed by atoms with Crippen LogP contribution in [0.25, 0.3) is 21.8 Å². The molecule has 5 rings (SSSR count). The highest BCUT2D eigenvalue weighted by Crippen LogP contribution is 2.30. The zero-order chi connectivity index (χ0) is 22.8. The van der Waals surface area contributed by atoms with Crippen LogP contribution in [0.2, 0.25) is 0 Å². The van der Waals surface area contributed by atoms with E-state index in [0.717, 1.165) is 66.7 Å². The molecule has 3 heterocycles. The van der Waals surface area contributed by atoms with Gasteiger partial charge in [-0.1, -0.05) is 18.2 Å². The highest BCUT2D eigenvalue weighted by molar-refractivity contribution is 5.91. The summed E-state index contributed by atoms with van der Waals surface area (Å²) >= 11 is 0. The number of anilines is 1. The minimum absolute atomic E-state index is 0.0140. The van der Waals surface area contributed by atoms with Gasteiger partial charge < -0.3 is 10.2 Å². The molecule has 0 saturated carbocycles. The normalized spacial score (nSPS) is 14.8. The molecular formula is C26H28FN5O. The molecular weight excluding hydrogens is 417 g/mol. The molecule has 1 N–H and O–H groups in total. The van der Waals surface area contributed by atoms with E-state index in [4.69, 9.17) is 0 Å². The summed E-state index contributed by atoms with van der Waals surface area (Å²) in [5, 5.41) is 9.76. The lowest BCUT2D eigenvalue weighted by Gasteiger charge is -2.33. The Bertz CT molecular complexity index is 1290. The number of halogens is 1. The van der Waals surface area contributed by atoms with E-state index in [1.54, 1.807) is 18.3 Å². The zero-order valence-electron chi connectivity index (χ0n) is 18.8. The molecule has 1 fully saturated rings. The van der Waals surface area contributed by atoms with Crippen molar-refractivity contribution in [2.75, 3.05) is 24.5 Å². The monoisotopic (exact) mass is 445 g/mol. The average Bonchev–Trinajstić information content (AvgIpc) is 3.17. The lowest BCUT2D eigenvalue weighted by atomic mass is 9.95. The summed E-state index contributed by atoms with van der Waals surface area (Å²) in [5.74, 6) is -0.118. The van der Waals surface area contributed by atoms with Crippen molar-refractivity contribution in [3.8, 4) is 0 Å². The maximum Gasteiger partial charge on any atom is 0.223 e. The van der Waals surface area contributed by atoms with Crippen molar-refractivity contribution in [1.82, 2.24) is 20.1 Å².